The van der Waals surface area contributed by atoms with Crippen molar-refractivity contribution in [3.63, 3.8) is 0 Å². The number of benzene rings is 3. The second kappa shape index (κ2) is 15.5. The van der Waals surface area contributed by atoms with Crippen LogP contribution >= 0.6 is 37.2 Å². The Morgan fingerprint density at radius 3 is 1.82 bits per heavy atom. The van der Waals surface area contributed by atoms with Crippen molar-refractivity contribution in [2.75, 3.05) is 33.3 Å². The van der Waals surface area contributed by atoms with Gasteiger partial charge in [0.1, 0.15) is 11.6 Å². The van der Waals surface area contributed by atoms with Crippen LogP contribution < -0.4 is 4.74 Å². The first-order chi connectivity index (χ1) is 18.0. The average molecular weight is 604 g/mol. The zero-order valence-corrected chi connectivity index (χ0v) is 26.1. The van der Waals surface area contributed by atoms with Gasteiger partial charge in [0.2, 0.25) is 0 Å². The lowest BCUT2D eigenvalue weighted by molar-refractivity contribution is 0.0599. The summed E-state index contributed by atoms with van der Waals surface area (Å²) in [6.45, 7) is 10.8. The summed E-state index contributed by atoms with van der Waals surface area (Å²) in [5.74, 6) is 2.20. The predicted molar refractivity (Wildman–Crippen MR) is 173 cm³/mol. The third-order valence-corrected chi connectivity index (χ3v) is 7.52. The van der Waals surface area contributed by atoms with Crippen LogP contribution in [0.15, 0.2) is 84.9 Å². The van der Waals surface area contributed by atoms with E-state index < -0.39 is 0 Å². The summed E-state index contributed by atoms with van der Waals surface area (Å²) in [6.07, 6.45) is 0. The third-order valence-electron chi connectivity index (χ3n) is 7.52. The number of rotatable bonds is 8. The number of H-pyrrole nitrogens is 1. The Morgan fingerprint density at radius 2 is 1.30 bits per heavy atom. The standard InChI is InChI=1S/C32H38N4O.3ClH/c1-23(2)30(29-24(3)33-32(34-29)27-16-11-17-28(22-27)37-4)35-18-20-36(21-19-35)31(25-12-7-5-8-13-25)26-14-9-6-10-15-26;;;/h5-17,22-23,30-31H,18-21H2,1-4H3,(H,33,34);3*1H. The highest BCUT2D eigenvalue weighted by Crippen LogP contribution is 2.35. The Balaban J connectivity index is 0.00000187. The van der Waals surface area contributed by atoms with Crippen molar-refractivity contribution in [1.29, 1.82) is 0 Å². The molecule has 0 radical (unpaired) electrons. The summed E-state index contributed by atoms with van der Waals surface area (Å²) in [6, 6.07) is 30.5. The summed E-state index contributed by atoms with van der Waals surface area (Å²) in [7, 11) is 1.70. The second-order valence-electron chi connectivity index (χ2n) is 10.3. The van der Waals surface area contributed by atoms with E-state index in [1.165, 1.54) is 11.1 Å². The van der Waals surface area contributed by atoms with E-state index in [4.69, 9.17) is 9.72 Å². The van der Waals surface area contributed by atoms with Crippen LogP contribution in [0, 0.1) is 12.8 Å². The van der Waals surface area contributed by atoms with Crippen LogP contribution in [0.4, 0.5) is 0 Å². The molecule has 1 fully saturated rings. The van der Waals surface area contributed by atoms with Gasteiger partial charge in [0.15, 0.2) is 0 Å². The van der Waals surface area contributed by atoms with Gasteiger partial charge in [-0.2, -0.15) is 0 Å². The van der Waals surface area contributed by atoms with E-state index in [-0.39, 0.29) is 49.3 Å². The summed E-state index contributed by atoms with van der Waals surface area (Å²) in [4.78, 5) is 14.0. The molecule has 1 N–H and O–H groups in total. The average Bonchev–Trinajstić information content (AvgIpc) is 3.32. The lowest BCUT2D eigenvalue weighted by atomic mass is 9.94. The summed E-state index contributed by atoms with van der Waals surface area (Å²) >= 11 is 0. The normalized spacial score (nSPS) is 14.7. The van der Waals surface area contributed by atoms with Gasteiger partial charge >= 0.3 is 0 Å². The van der Waals surface area contributed by atoms with Crippen LogP contribution in [0.25, 0.3) is 11.4 Å². The Bertz CT molecular complexity index is 1250. The number of methoxy groups -OCH3 is 1. The monoisotopic (exact) mass is 602 g/mol. The zero-order valence-electron chi connectivity index (χ0n) is 23.6. The first kappa shape index (κ1) is 33.7. The van der Waals surface area contributed by atoms with Gasteiger partial charge in [0.25, 0.3) is 0 Å². The highest BCUT2D eigenvalue weighted by atomic mass is 35.5. The van der Waals surface area contributed by atoms with Crippen molar-refractivity contribution < 1.29 is 4.74 Å². The molecule has 1 atom stereocenters. The lowest BCUT2D eigenvalue weighted by Gasteiger charge is -2.43. The van der Waals surface area contributed by atoms with Crippen LogP contribution in [0.3, 0.4) is 0 Å². The predicted octanol–water partition coefficient (Wildman–Crippen LogP) is 7.76. The zero-order chi connectivity index (χ0) is 25.8. The van der Waals surface area contributed by atoms with Gasteiger partial charge in [-0.25, -0.2) is 4.98 Å². The van der Waals surface area contributed by atoms with Crippen molar-refractivity contribution in [2.45, 2.75) is 32.9 Å². The molecule has 5 rings (SSSR count). The Morgan fingerprint density at radius 1 is 0.750 bits per heavy atom. The molecule has 40 heavy (non-hydrogen) atoms. The van der Waals surface area contributed by atoms with Gasteiger partial charge < -0.3 is 9.72 Å². The topological polar surface area (TPSA) is 44.4 Å². The molecule has 216 valence electrons. The molecule has 8 heteroatoms. The van der Waals surface area contributed by atoms with Crippen LogP contribution in [0.1, 0.15) is 48.4 Å². The maximum atomic E-state index is 5.43. The number of aromatic amines is 1. The molecule has 3 aromatic carbocycles. The number of hydrogen-bond donors (Lipinski definition) is 1. The van der Waals surface area contributed by atoms with E-state index in [1.54, 1.807) is 7.11 Å². The molecule has 1 aliphatic rings. The minimum atomic E-state index is 0. The van der Waals surface area contributed by atoms with Crippen LogP contribution in [0.2, 0.25) is 0 Å². The molecule has 0 saturated carbocycles. The van der Waals surface area contributed by atoms with Gasteiger partial charge in [-0.15, -0.1) is 37.2 Å². The molecule has 0 amide bonds. The van der Waals surface area contributed by atoms with Gasteiger partial charge in [-0.1, -0.05) is 86.6 Å². The molecule has 5 nitrogen and oxygen atoms in total. The van der Waals surface area contributed by atoms with Crippen molar-refractivity contribution in [3.05, 3.63) is 107 Å². The van der Waals surface area contributed by atoms with Crippen LogP contribution in [-0.4, -0.2) is 53.1 Å². The maximum absolute atomic E-state index is 5.43. The van der Waals surface area contributed by atoms with Gasteiger partial charge in [0.05, 0.1) is 24.9 Å². The van der Waals surface area contributed by atoms with E-state index >= 15 is 0 Å². The number of ether oxygens (including phenoxy) is 1. The molecule has 0 aliphatic carbocycles. The largest absolute Gasteiger partial charge is 0.497 e. The molecule has 4 aromatic rings. The third kappa shape index (κ3) is 7.39. The fourth-order valence-corrected chi connectivity index (χ4v) is 5.74. The number of imidazole rings is 1. The fraction of sp³-hybridized carbons (Fsp3) is 0.344. The lowest BCUT2D eigenvalue weighted by Crippen LogP contribution is -2.50. The van der Waals surface area contributed by atoms with Gasteiger partial charge in [0, 0.05) is 37.4 Å². The quantitative estimate of drug-likeness (QED) is 0.224. The minimum absolute atomic E-state index is 0. The number of hydrogen-bond acceptors (Lipinski definition) is 4. The fourth-order valence-electron chi connectivity index (χ4n) is 5.74. The van der Waals surface area contributed by atoms with E-state index in [2.05, 4.69) is 102 Å². The second-order valence-corrected chi connectivity index (χ2v) is 10.3. The molecule has 0 spiro atoms. The Kier molecular flexibility index (Phi) is 13.0. The molecule has 1 saturated heterocycles. The van der Waals surface area contributed by atoms with Crippen molar-refractivity contribution in [3.8, 4) is 17.1 Å². The minimum Gasteiger partial charge on any atom is -0.497 e. The Hall–Kier alpha value is -2.54. The number of nitrogens with one attached hydrogen (secondary N) is 1. The van der Waals surface area contributed by atoms with E-state index in [1.807, 2.05) is 18.2 Å². The number of nitrogens with zero attached hydrogens (tertiary/aromatic N) is 3. The van der Waals surface area contributed by atoms with Gasteiger partial charge in [-0.3, -0.25) is 9.80 Å². The maximum Gasteiger partial charge on any atom is 0.138 e. The molecular formula is C32H41Cl3N4O. The molecule has 2 heterocycles. The SMILES string of the molecule is COc1cccc(-c2nc(C(C(C)C)N3CCN(C(c4ccccc4)c4ccccc4)CC3)c(C)[nH]2)c1.Cl.Cl.Cl. The number of aryl methyl sites for hydroxylation is 1. The highest BCUT2D eigenvalue weighted by Gasteiger charge is 2.33. The molecular weight excluding hydrogens is 563 g/mol. The molecule has 0 bridgehead atoms. The Labute approximate surface area is 257 Å². The smallest absolute Gasteiger partial charge is 0.138 e. The number of halogens is 3. The number of piperazine rings is 1. The van der Waals surface area contributed by atoms with Crippen molar-refractivity contribution in [2.24, 2.45) is 5.92 Å². The van der Waals surface area contributed by atoms with E-state index in [0.717, 1.165) is 54.7 Å². The molecule has 1 aromatic heterocycles. The van der Waals surface area contributed by atoms with Crippen molar-refractivity contribution in [1.82, 2.24) is 19.8 Å². The molecule has 1 unspecified atom stereocenters. The first-order valence-corrected chi connectivity index (χ1v) is 13.3. The number of aromatic nitrogens is 2. The summed E-state index contributed by atoms with van der Waals surface area (Å²) in [5.41, 5.74) is 6.06. The van der Waals surface area contributed by atoms with E-state index in [0.29, 0.717) is 5.92 Å². The van der Waals surface area contributed by atoms with Gasteiger partial charge in [-0.05, 0) is 36.1 Å². The van der Waals surface area contributed by atoms with Crippen molar-refractivity contribution >= 4 is 37.2 Å². The first-order valence-electron chi connectivity index (χ1n) is 13.3. The van der Waals surface area contributed by atoms with Crippen LogP contribution in [0.5, 0.6) is 5.75 Å². The van der Waals surface area contributed by atoms with E-state index in [9.17, 15) is 0 Å². The highest BCUT2D eigenvalue weighted by molar-refractivity contribution is 5.86. The molecule has 1 aliphatic heterocycles. The van der Waals surface area contributed by atoms with Crippen LogP contribution in [-0.2, 0) is 0 Å². The summed E-state index contributed by atoms with van der Waals surface area (Å²) in [5, 5.41) is 0. The summed E-state index contributed by atoms with van der Waals surface area (Å²) < 4.78 is 5.43.